The molecular weight excluding hydrogens is 760 g/mol. The molecule has 4 heterocycles. The van der Waals surface area contributed by atoms with Crippen molar-refractivity contribution in [3.05, 3.63) is 119 Å². The summed E-state index contributed by atoms with van der Waals surface area (Å²) < 4.78 is 52.9. The monoisotopic (exact) mass is 792 g/mol. The fourth-order valence-corrected chi connectivity index (χ4v) is 8.10. The van der Waals surface area contributed by atoms with Crippen molar-refractivity contribution < 1.29 is 36.7 Å². The molecule has 57 heavy (non-hydrogen) atoms. The number of nitrogens with one attached hydrogen (secondary N) is 4. The number of benzene rings is 4. The average Bonchev–Trinajstić information content (AvgIpc) is 3.59. The molecule has 2 aromatic heterocycles. The number of nitrogens with zero attached hydrogens (tertiary/aromatic N) is 4. The lowest BCUT2D eigenvalue weighted by Gasteiger charge is -2.21. The molecule has 0 bridgehead atoms. The van der Waals surface area contributed by atoms with Crippen LogP contribution in [0.4, 0.5) is 27.3 Å². The molecule has 290 valence electrons. The molecule has 0 aliphatic carbocycles. The van der Waals surface area contributed by atoms with Gasteiger partial charge in [-0.15, -0.1) is 0 Å². The van der Waals surface area contributed by atoms with Crippen molar-refractivity contribution in [1.29, 1.82) is 0 Å². The number of carbonyl (C=O) groups is 4. The van der Waals surface area contributed by atoms with E-state index < -0.39 is 46.1 Å². The number of halogens is 1. The van der Waals surface area contributed by atoms with Gasteiger partial charge in [-0.3, -0.25) is 33.6 Å². The first kappa shape index (κ1) is 36.9. The Labute approximate surface area is 323 Å². The predicted octanol–water partition coefficient (Wildman–Crippen LogP) is 3.69. The lowest BCUT2D eigenvalue weighted by Crippen LogP contribution is -2.44. The van der Waals surface area contributed by atoms with Gasteiger partial charge in [0.1, 0.15) is 36.4 Å². The molecule has 1 atom stereocenters. The van der Waals surface area contributed by atoms with E-state index in [0.29, 0.717) is 43.5 Å². The number of amides is 4. The van der Waals surface area contributed by atoms with Crippen molar-refractivity contribution in [2.45, 2.75) is 31.9 Å². The van der Waals surface area contributed by atoms with Gasteiger partial charge >= 0.3 is 15.9 Å². The van der Waals surface area contributed by atoms with Gasteiger partial charge in [0.15, 0.2) is 5.82 Å². The Morgan fingerprint density at radius 3 is 2.44 bits per heavy atom. The summed E-state index contributed by atoms with van der Waals surface area (Å²) in [5, 5.41) is 8.64. The number of imide groups is 1. The molecule has 4 N–H and O–H groups in total. The summed E-state index contributed by atoms with van der Waals surface area (Å²) in [6, 6.07) is 22.7. The number of hydrogen-bond donors (Lipinski definition) is 4. The number of piperidine rings is 1. The van der Waals surface area contributed by atoms with E-state index in [1.807, 2.05) is 10.8 Å². The van der Waals surface area contributed by atoms with E-state index in [4.69, 9.17) is 4.74 Å². The number of carbonyl (C=O) groups excluding carboxylic acids is 4. The number of aromatic nitrogens is 3. The van der Waals surface area contributed by atoms with Gasteiger partial charge in [0.05, 0.1) is 17.5 Å². The molecule has 16 nitrogen and oxygen atoms in total. The standard InChI is InChI=1S/C39H33FN8O8S/c1-46-30-18-26(9-11-28(30)48(39(46)53)29-12-14-33(49)44-38(29)52)42-32-13-7-23(19-41-32)15-34(50)43-25-8-10-27-24(16-25)17-31(56-21-22-5-3-2-4-6-22)37(36(27)40)47-20-35(51)45-57(47,54)55/h2-11,13,16-19,29H,12,14-15,20-21H2,1H3,(H,41,42)(H,43,50)(H,45,51)(H,44,49,52). The molecule has 2 fully saturated rings. The summed E-state index contributed by atoms with van der Waals surface area (Å²) in [7, 11) is -2.76. The smallest absolute Gasteiger partial charge is 0.329 e. The zero-order valence-electron chi connectivity index (χ0n) is 30.1. The highest BCUT2D eigenvalue weighted by Crippen LogP contribution is 2.40. The summed E-state index contributed by atoms with van der Waals surface area (Å²) >= 11 is 0. The minimum atomic E-state index is -4.36. The Hall–Kier alpha value is -7.08. The molecule has 6 aromatic rings. The van der Waals surface area contributed by atoms with Crippen molar-refractivity contribution in [2.24, 2.45) is 7.05 Å². The number of rotatable bonds is 10. The molecule has 0 saturated carbocycles. The van der Waals surface area contributed by atoms with Crippen LogP contribution in [0.15, 0.2) is 95.9 Å². The predicted molar refractivity (Wildman–Crippen MR) is 208 cm³/mol. The van der Waals surface area contributed by atoms with Crippen LogP contribution in [0.25, 0.3) is 21.8 Å². The maximum absolute atomic E-state index is 16.2. The Morgan fingerprint density at radius 1 is 0.930 bits per heavy atom. The highest BCUT2D eigenvalue weighted by atomic mass is 32.2. The molecule has 18 heteroatoms. The number of pyridine rings is 1. The Balaban J connectivity index is 0.968. The second-order valence-corrected chi connectivity index (χ2v) is 15.2. The van der Waals surface area contributed by atoms with Crippen molar-refractivity contribution >= 4 is 78.5 Å². The fraction of sp³-hybridized carbons (Fsp3) is 0.179. The number of ether oxygens (including phenoxy) is 1. The highest BCUT2D eigenvalue weighted by molar-refractivity contribution is 7.92. The second-order valence-electron chi connectivity index (χ2n) is 13.6. The van der Waals surface area contributed by atoms with E-state index in [1.165, 1.54) is 39.6 Å². The zero-order valence-corrected chi connectivity index (χ0v) is 30.9. The molecule has 0 spiro atoms. The number of fused-ring (bicyclic) bond motifs is 2. The first-order chi connectivity index (χ1) is 27.3. The zero-order chi connectivity index (χ0) is 40.0. The topological polar surface area (TPSA) is 203 Å². The number of aryl methyl sites for hydroxylation is 1. The van der Waals surface area contributed by atoms with Crippen LogP contribution in [-0.4, -0.2) is 52.7 Å². The van der Waals surface area contributed by atoms with Crippen molar-refractivity contribution in [3.63, 3.8) is 0 Å². The Morgan fingerprint density at radius 2 is 1.72 bits per heavy atom. The van der Waals surface area contributed by atoms with Crippen LogP contribution in [0.2, 0.25) is 0 Å². The molecule has 2 saturated heterocycles. The summed E-state index contributed by atoms with van der Waals surface area (Å²) in [6.07, 6.45) is 1.86. The van der Waals surface area contributed by atoms with Crippen molar-refractivity contribution in [3.8, 4) is 5.75 Å². The van der Waals surface area contributed by atoms with Gasteiger partial charge < -0.3 is 15.4 Å². The molecule has 2 aliphatic rings. The van der Waals surface area contributed by atoms with Gasteiger partial charge in [0.25, 0.3) is 5.91 Å². The number of imidazole rings is 1. The minimum absolute atomic E-state index is 0.0102. The van der Waals surface area contributed by atoms with E-state index in [9.17, 15) is 32.4 Å². The molecule has 4 aromatic carbocycles. The van der Waals surface area contributed by atoms with Crippen LogP contribution >= 0.6 is 0 Å². The molecule has 2 aliphatic heterocycles. The van der Waals surface area contributed by atoms with Crippen LogP contribution in [0, 0.1) is 5.82 Å². The Bertz CT molecular complexity index is 2810. The molecule has 8 rings (SSSR count). The second kappa shape index (κ2) is 14.5. The third-order valence-corrected chi connectivity index (χ3v) is 11.1. The maximum atomic E-state index is 16.2. The van der Waals surface area contributed by atoms with E-state index in [2.05, 4.69) is 20.9 Å². The first-order valence-corrected chi connectivity index (χ1v) is 19.1. The molecule has 1 unspecified atom stereocenters. The summed E-state index contributed by atoms with van der Waals surface area (Å²) in [6.45, 7) is -0.628. The maximum Gasteiger partial charge on any atom is 0.329 e. The number of anilines is 4. The Kier molecular flexibility index (Phi) is 9.40. The van der Waals surface area contributed by atoms with E-state index in [1.54, 1.807) is 61.6 Å². The van der Waals surface area contributed by atoms with Crippen LogP contribution in [-0.2, 0) is 49.5 Å². The minimum Gasteiger partial charge on any atom is -0.487 e. The highest BCUT2D eigenvalue weighted by Gasteiger charge is 2.38. The molecular formula is C39H33FN8O8S. The summed E-state index contributed by atoms with van der Waals surface area (Å²) in [5.74, 6) is -2.63. The van der Waals surface area contributed by atoms with Crippen LogP contribution < -0.4 is 35.4 Å². The number of hydrogen-bond acceptors (Lipinski definition) is 10. The van der Waals surface area contributed by atoms with E-state index >= 15 is 4.39 Å². The van der Waals surface area contributed by atoms with Crippen molar-refractivity contribution in [1.82, 2.24) is 24.2 Å². The molecule has 4 amide bonds. The fourth-order valence-electron chi connectivity index (χ4n) is 6.94. The quantitative estimate of drug-likeness (QED) is 0.148. The summed E-state index contributed by atoms with van der Waals surface area (Å²) in [4.78, 5) is 66.8. The lowest BCUT2D eigenvalue weighted by molar-refractivity contribution is -0.135. The van der Waals surface area contributed by atoms with E-state index in [-0.39, 0.29) is 54.5 Å². The van der Waals surface area contributed by atoms with Gasteiger partial charge in [-0.1, -0.05) is 36.4 Å². The SMILES string of the molecule is Cn1c(=O)n(C2CCC(=O)NC2=O)c2ccc(Nc3ccc(CC(=O)Nc4ccc5c(F)c(N6CC(=O)NS6(=O)=O)c(OCc6ccccc6)cc5c4)cn3)cc21. The third-order valence-electron chi connectivity index (χ3n) is 9.68. The van der Waals surface area contributed by atoms with Gasteiger partial charge in [-0.2, -0.15) is 8.42 Å². The van der Waals surface area contributed by atoms with Gasteiger partial charge in [0, 0.05) is 36.4 Å². The van der Waals surface area contributed by atoms with Gasteiger partial charge in [-0.25, -0.2) is 23.2 Å². The van der Waals surface area contributed by atoms with Crippen LogP contribution in [0.5, 0.6) is 5.75 Å². The van der Waals surface area contributed by atoms with Crippen LogP contribution in [0.1, 0.15) is 30.0 Å². The molecule has 0 radical (unpaired) electrons. The largest absolute Gasteiger partial charge is 0.487 e. The van der Waals surface area contributed by atoms with Gasteiger partial charge in [0.2, 0.25) is 17.7 Å². The van der Waals surface area contributed by atoms with E-state index in [0.717, 1.165) is 5.56 Å². The third kappa shape index (κ3) is 7.25. The first-order valence-electron chi connectivity index (χ1n) is 17.7. The average molecular weight is 793 g/mol. The van der Waals surface area contributed by atoms with Gasteiger partial charge in [-0.05, 0) is 71.5 Å². The van der Waals surface area contributed by atoms with Crippen molar-refractivity contribution in [2.75, 3.05) is 21.5 Å². The lowest BCUT2D eigenvalue weighted by atomic mass is 10.1. The van der Waals surface area contributed by atoms with Crippen LogP contribution in [0.3, 0.4) is 0 Å². The summed E-state index contributed by atoms with van der Waals surface area (Å²) in [5.41, 5.74) is 2.64. The normalized spacial score (nSPS) is 16.4.